The van der Waals surface area contributed by atoms with Gasteiger partial charge in [-0.25, -0.2) is 0 Å². The van der Waals surface area contributed by atoms with Gasteiger partial charge in [0.15, 0.2) is 0 Å². The Bertz CT molecular complexity index is 89.6. The van der Waals surface area contributed by atoms with Gasteiger partial charge in [-0.15, -0.1) is 0 Å². The second-order valence-electron chi connectivity index (χ2n) is 3.68. The third-order valence-corrected chi connectivity index (χ3v) is 1.92. The molecule has 0 saturated heterocycles. The Morgan fingerprint density at radius 1 is 1.11 bits per heavy atom. The van der Waals surface area contributed by atoms with Crippen LogP contribution in [0.4, 0.5) is 0 Å². The molecule has 2 nitrogen and oxygen atoms in total. The van der Waals surface area contributed by atoms with Crippen molar-refractivity contribution < 1.29 is 10.2 Å². The van der Waals surface area contributed by atoms with Crippen LogP contribution >= 0.6 is 0 Å². The maximum Gasteiger partial charge on any atom is 0.0897 e. The lowest BCUT2D eigenvalue weighted by Gasteiger charge is -2.35. The number of hydrogen-bond acceptors (Lipinski definition) is 2. The van der Waals surface area contributed by atoms with Crippen molar-refractivity contribution in [3.05, 3.63) is 0 Å². The fourth-order valence-corrected chi connectivity index (χ4v) is 0.237. The zero-order valence-corrected chi connectivity index (χ0v) is 6.60. The van der Waals surface area contributed by atoms with Crippen molar-refractivity contribution in [3.8, 4) is 0 Å². The highest BCUT2D eigenvalue weighted by Crippen LogP contribution is 2.28. The van der Waals surface area contributed by atoms with Crippen molar-refractivity contribution in [2.24, 2.45) is 5.41 Å². The van der Waals surface area contributed by atoms with Crippen LogP contribution in [0.25, 0.3) is 0 Å². The van der Waals surface area contributed by atoms with Gasteiger partial charge in [0.1, 0.15) is 0 Å². The van der Waals surface area contributed by atoms with Gasteiger partial charge in [-0.2, -0.15) is 0 Å². The van der Waals surface area contributed by atoms with E-state index in [9.17, 15) is 5.11 Å². The maximum atomic E-state index is 9.41. The van der Waals surface area contributed by atoms with E-state index in [1.54, 1.807) is 6.92 Å². The minimum Gasteiger partial charge on any atom is -0.393 e. The fourth-order valence-electron chi connectivity index (χ4n) is 0.237. The average Bonchev–Trinajstić information content (AvgIpc) is 1.64. The van der Waals surface area contributed by atoms with Crippen molar-refractivity contribution in [2.75, 3.05) is 6.61 Å². The molecule has 1 atom stereocenters. The largest absolute Gasteiger partial charge is 0.393 e. The molecule has 0 heterocycles. The lowest BCUT2D eigenvalue weighted by Crippen LogP contribution is -2.42. The number of rotatable bonds is 1. The fraction of sp³-hybridized carbons (Fsp3) is 1.00. The van der Waals surface area contributed by atoms with Crippen LogP contribution in [0.15, 0.2) is 0 Å². The molecule has 0 aromatic heterocycles. The topological polar surface area (TPSA) is 40.5 Å². The van der Waals surface area contributed by atoms with Crippen LogP contribution in [0, 0.1) is 5.41 Å². The van der Waals surface area contributed by atoms with E-state index in [1.807, 2.05) is 20.8 Å². The lowest BCUT2D eigenvalue weighted by molar-refractivity contribution is -0.0794. The zero-order chi connectivity index (χ0) is 7.71. The summed E-state index contributed by atoms with van der Waals surface area (Å²) in [6.07, 6.45) is 0. The summed E-state index contributed by atoms with van der Waals surface area (Å²) in [5, 5.41) is 18.1. The van der Waals surface area contributed by atoms with E-state index in [0.717, 1.165) is 0 Å². The van der Waals surface area contributed by atoms with Crippen LogP contribution < -0.4 is 0 Å². The highest BCUT2D eigenvalue weighted by Gasteiger charge is 2.34. The van der Waals surface area contributed by atoms with Crippen LogP contribution in [0.3, 0.4) is 0 Å². The molecule has 2 heteroatoms. The Kier molecular flexibility index (Phi) is 2.25. The molecule has 0 unspecified atom stereocenters. The van der Waals surface area contributed by atoms with E-state index in [-0.39, 0.29) is 12.0 Å². The van der Waals surface area contributed by atoms with E-state index < -0.39 is 5.60 Å². The molecule has 0 aromatic rings. The standard InChI is InChI=1S/C7H16O2/c1-6(2,3)7(4,9)5-8/h8-9H,5H2,1-4H3/t7-/m0/s1. The molecule has 0 bridgehead atoms. The van der Waals surface area contributed by atoms with Crippen molar-refractivity contribution in [1.29, 1.82) is 0 Å². The normalized spacial score (nSPS) is 19.3. The van der Waals surface area contributed by atoms with Crippen LogP contribution in [0.2, 0.25) is 0 Å². The molecule has 0 aromatic carbocycles. The monoisotopic (exact) mass is 132 g/mol. The summed E-state index contributed by atoms with van der Waals surface area (Å²) in [5.41, 5.74) is -1.21. The highest BCUT2D eigenvalue weighted by molar-refractivity contribution is 4.84. The Morgan fingerprint density at radius 3 is 1.44 bits per heavy atom. The third kappa shape index (κ3) is 1.95. The van der Waals surface area contributed by atoms with Gasteiger partial charge >= 0.3 is 0 Å². The lowest BCUT2D eigenvalue weighted by atomic mass is 9.78. The Balaban J connectivity index is 4.14. The van der Waals surface area contributed by atoms with E-state index in [1.165, 1.54) is 0 Å². The Morgan fingerprint density at radius 2 is 1.44 bits per heavy atom. The molecule has 0 aliphatic heterocycles. The number of hydrogen-bond donors (Lipinski definition) is 2. The first-order chi connectivity index (χ1) is 3.81. The summed E-state index contributed by atoms with van der Waals surface area (Å²) in [5.74, 6) is 0. The molecule has 0 fully saturated rings. The van der Waals surface area contributed by atoms with Crippen LogP contribution in [0.1, 0.15) is 27.7 Å². The molecule has 2 N–H and O–H groups in total. The molecule has 9 heavy (non-hydrogen) atoms. The van der Waals surface area contributed by atoms with Gasteiger partial charge in [-0.3, -0.25) is 0 Å². The predicted molar refractivity (Wildman–Crippen MR) is 37.2 cm³/mol. The van der Waals surface area contributed by atoms with Gasteiger partial charge < -0.3 is 10.2 Å². The van der Waals surface area contributed by atoms with E-state index in [4.69, 9.17) is 5.11 Å². The molecule has 0 saturated carbocycles. The zero-order valence-electron chi connectivity index (χ0n) is 6.60. The van der Waals surface area contributed by atoms with Crippen molar-refractivity contribution in [3.63, 3.8) is 0 Å². The first-order valence-electron chi connectivity index (χ1n) is 3.14. The predicted octanol–water partition coefficient (Wildman–Crippen LogP) is 0.776. The van der Waals surface area contributed by atoms with Crippen molar-refractivity contribution >= 4 is 0 Å². The Labute approximate surface area is 56.5 Å². The van der Waals surface area contributed by atoms with Crippen LogP contribution in [0.5, 0.6) is 0 Å². The van der Waals surface area contributed by atoms with Crippen LogP contribution in [-0.4, -0.2) is 22.4 Å². The third-order valence-electron chi connectivity index (χ3n) is 1.92. The summed E-state index contributed by atoms with van der Waals surface area (Å²) in [4.78, 5) is 0. The quantitative estimate of drug-likeness (QED) is 0.553. The number of aliphatic hydroxyl groups is 2. The summed E-state index contributed by atoms with van der Waals surface area (Å²) in [7, 11) is 0. The van der Waals surface area contributed by atoms with Crippen molar-refractivity contribution in [1.82, 2.24) is 0 Å². The first kappa shape index (κ1) is 8.92. The van der Waals surface area contributed by atoms with Crippen LogP contribution in [-0.2, 0) is 0 Å². The van der Waals surface area contributed by atoms with Gasteiger partial charge in [0.2, 0.25) is 0 Å². The average molecular weight is 132 g/mol. The first-order valence-corrected chi connectivity index (χ1v) is 3.14. The minimum atomic E-state index is -0.965. The maximum absolute atomic E-state index is 9.41. The Hall–Kier alpha value is -0.0800. The molecular formula is C7H16O2. The van der Waals surface area contributed by atoms with Gasteiger partial charge in [-0.05, 0) is 12.3 Å². The van der Waals surface area contributed by atoms with E-state index >= 15 is 0 Å². The van der Waals surface area contributed by atoms with Gasteiger partial charge in [0, 0.05) is 0 Å². The molecular weight excluding hydrogens is 116 g/mol. The summed E-state index contributed by atoms with van der Waals surface area (Å²) in [6.45, 7) is 7.12. The van der Waals surface area contributed by atoms with Gasteiger partial charge in [0.25, 0.3) is 0 Å². The summed E-state index contributed by atoms with van der Waals surface area (Å²) >= 11 is 0. The smallest absolute Gasteiger partial charge is 0.0897 e. The molecule has 0 radical (unpaired) electrons. The minimum absolute atomic E-state index is 0.184. The van der Waals surface area contributed by atoms with E-state index in [2.05, 4.69) is 0 Å². The second-order valence-corrected chi connectivity index (χ2v) is 3.68. The molecule has 0 aliphatic carbocycles. The van der Waals surface area contributed by atoms with Gasteiger partial charge in [-0.1, -0.05) is 20.8 Å². The summed E-state index contributed by atoms with van der Waals surface area (Å²) < 4.78 is 0. The SMILES string of the molecule is CC(C)(C)[C@@](C)(O)CO. The number of aliphatic hydroxyl groups excluding tert-OH is 1. The second kappa shape index (κ2) is 2.27. The molecule has 0 spiro atoms. The summed E-state index contributed by atoms with van der Waals surface area (Å²) in [6, 6.07) is 0. The molecule has 0 amide bonds. The van der Waals surface area contributed by atoms with Gasteiger partial charge in [0.05, 0.1) is 12.2 Å². The highest BCUT2D eigenvalue weighted by atomic mass is 16.3. The molecule has 0 aliphatic rings. The molecule has 56 valence electrons. The van der Waals surface area contributed by atoms with Crippen molar-refractivity contribution in [2.45, 2.75) is 33.3 Å². The molecule has 0 rings (SSSR count). The van der Waals surface area contributed by atoms with E-state index in [0.29, 0.717) is 0 Å².